The van der Waals surface area contributed by atoms with Gasteiger partial charge in [0.05, 0.1) is 0 Å². The highest BCUT2D eigenvalue weighted by atomic mass is 16.2. The Kier molecular flexibility index (Phi) is 6.38. The minimum Gasteiger partial charge on any atom is -0.338 e. The average Bonchev–Trinajstić information content (AvgIpc) is 3.00. The quantitative estimate of drug-likeness (QED) is 0.667. The summed E-state index contributed by atoms with van der Waals surface area (Å²) in [5.41, 5.74) is 2.53. The number of fused-ring (bicyclic) bond motifs is 2. The number of rotatable bonds is 7. The lowest BCUT2D eigenvalue weighted by atomic mass is 9.61. The average molecular weight is 420 g/mol. The van der Waals surface area contributed by atoms with Crippen LogP contribution in [0.3, 0.4) is 0 Å². The van der Waals surface area contributed by atoms with Gasteiger partial charge in [0.15, 0.2) is 0 Å². The van der Waals surface area contributed by atoms with E-state index in [9.17, 15) is 4.79 Å². The van der Waals surface area contributed by atoms with Crippen molar-refractivity contribution >= 4 is 6.03 Å². The lowest BCUT2D eigenvalue weighted by Crippen LogP contribution is -2.51. The third kappa shape index (κ3) is 4.50. The summed E-state index contributed by atoms with van der Waals surface area (Å²) in [6.07, 6.45) is 6.11. The number of nitrogens with one attached hydrogen (secondary N) is 2. The number of hydrogen-bond acceptors (Lipinski definition) is 2. The van der Waals surface area contributed by atoms with Gasteiger partial charge < -0.3 is 15.5 Å². The molecule has 0 saturated carbocycles. The summed E-state index contributed by atoms with van der Waals surface area (Å²) in [4.78, 5) is 15.1. The van der Waals surface area contributed by atoms with Crippen molar-refractivity contribution in [2.24, 2.45) is 5.41 Å². The fourth-order valence-corrected chi connectivity index (χ4v) is 6.28. The molecule has 0 aromatic heterocycles. The van der Waals surface area contributed by atoms with Crippen molar-refractivity contribution in [3.05, 3.63) is 71.8 Å². The van der Waals surface area contributed by atoms with Gasteiger partial charge in [-0.3, -0.25) is 0 Å². The van der Waals surface area contributed by atoms with E-state index in [1.54, 1.807) is 0 Å². The van der Waals surface area contributed by atoms with E-state index < -0.39 is 0 Å². The molecular formula is C27H37N3O. The normalized spacial score (nSPS) is 25.9. The SMILES string of the molecule is CCNC(=O)NCC(CC1(C)C[C@H]2CC[C@@H](C1)N2C)(c1ccccc1)c1ccccc1. The van der Waals surface area contributed by atoms with Gasteiger partial charge in [0.25, 0.3) is 0 Å². The molecule has 2 aliphatic heterocycles. The van der Waals surface area contributed by atoms with Crippen molar-refractivity contribution in [1.29, 1.82) is 0 Å². The standard InChI is InChI=1S/C27H37N3O/c1-4-28-25(31)29-20-27(21-11-7-5-8-12-21,22-13-9-6-10-14-22)19-26(2)17-23-15-16-24(18-26)30(23)3/h5-14,23-24H,4,15-20H2,1-3H3,(H2,28,29,31)/t23-,24+,26?. The van der Waals surface area contributed by atoms with Crippen LogP contribution in [0.25, 0.3) is 0 Å². The first-order chi connectivity index (χ1) is 15.0. The summed E-state index contributed by atoms with van der Waals surface area (Å²) < 4.78 is 0. The van der Waals surface area contributed by atoms with Crippen LogP contribution in [-0.2, 0) is 5.41 Å². The Morgan fingerprint density at radius 1 is 0.968 bits per heavy atom. The summed E-state index contributed by atoms with van der Waals surface area (Å²) >= 11 is 0. The van der Waals surface area contributed by atoms with Gasteiger partial charge >= 0.3 is 6.03 Å². The van der Waals surface area contributed by atoms with Gasteiger partial charge in [-0.15, -0.1) is 0 Å². The molecule has 4 heteroatoms. The van der Waals surface area contributed by atoms with Gasteiger partial charge in [-0.1, -0.05) is 67.6 Å². The van der Waals surface area contributed by atoms with Gasteiger partial charge in [-0.2, -0.15) is 0 Å². The van der Waals surface area contributed by atoms with E-state index in [4.69, 9.17) is 0 Å². The predicted molar refractivity (Wildman–Crippen MR) is 127 cm³/mol. The maximum absolute atomic E-state index is 12.5. The Labute approximate surface area is 187 Å². The van der Waals surface area contributed by atoms with Crippen molar-refractivity contribution in [2.75, 3.05) is 20.1 Å². The van der Waals surface area contributed by atoms with E-state index in [1.807, 2.05) is 6.92 Å². The van der Waals surface area contributed by atoms with Crippen LogP contribution in [0.15, 0.2) is 60.7 Å². The number of hydrogen-bond donors (Lipinski definition) is 2. The Balaban J connectivity index is 1.74. The third-order valence-electron chi connectivity index (χ3n) is 7.71. The molecule has 2 heterocycles. The second kappa shape index (κ2) is 9.04. The van der Waals surface area contributed by atoms with Crippen LogP contribution in [0.2, 0.25) is 0 Å². The molecule has 2 N–H and O–H groups in total. The van der Waals surface area contributed by atoms with Crippen LogP contribution >= 0.6 is 0 Å². The molecule has 2 aliphatic rings. The first kappa shape index (κ1) is 21.9. The van der Waals surface area contributed by atoms with Crippen molar-refractivity contribution < 1.29 is 4.79 Å². The summed E-state index contributed by atoms with van der Waals surface area (Å²) in [5, 5.41) is 6.12. The molecule has 1 unspecified atom stereocenters. The molecule has 4 rings (SSSR count). The maximum atomic E-state index is 12.5. The molecular weight excluding hydrogens is 382 g/mol. The van der Waals surface area contributed by atoms with Crippen molar-refractivity contribution in [2.45, 2.75) is 63.5 Å². The monoisotopic (exact) mass is 419 g/mol. The highest BCUT2D eigenvalue weighted by Gasteiger charge is 2.49. The minimum atomic E-state index is -0.266. The van der Waals surface area contributed by atoms with Gasteiger partial charge in [0, 0.05) is 30.6 Å². The Bertz CT molecular complexity index is 813. The number of benzene rings is 2. The summed E-state index contributed by atoms with van der Waals surface area (Å²) in [6, 6.07) is 22.9. The van der Waals surface area contributed by atoms with E-state index in [0.717, 1.165) is 6.42 Å². The number of urea groups is 1. The van der Waals surface area contributed by atoms with Crippen molar-refractivity contribution in [3.8, 4) is 0 Å². The lowest BCUT2D eigenvalue weighted by Gasteiger charge is -2.49. The van der Waals surface area contributed by atoms with Gasteiger partial charge in [-0.05, 0) is 62.6 Å². The van der Waals surface area contributed by atoms with Crippen LogP contribution in [-0.4, -0.2) is 43.2 Å². The van der Waals surface area contributed by atoms with E-state index >= 15 is 0 Å². The topological polar surface area (TPSA) is 44.4 Å². The van der Waals surface area contributed by atoms with Crippen LogP contribution in [0, 0.1) is 5.41 Å². The maximum Gasteiger partial charge on any atom is 0.314 e. The molecule has 2 saturated heterocycles. The smallest absolute Gasteiger partial charge is 0.314 e. The minimum absolute atomic E-state index is 0.0904. The molecule has 2 aromatic carbocycles. The molecule has 2 aromatic rings. The largest absolute Gasteiger partial charge is 0.338 e. The molecule has 2 fully saturated rings. The van der Waals surface area contributed by atoms with E-state index in [1.165, 1.54) is 36.8 Å². The van der Waals surface area contributed by atoms with Gasteiger partial charge in [0.1, 0.15) is 0 Å². The molecule has 3 atom stereocenters. The summed E-state index contributed by atoms with van der Waals surface area (Å²) in [5.74, 6) is 0. The number of carbonyl (C=O) groups excluding carboxylic acids is 1. The second-order valence-electron chi connectivity index (χ2n) is 9.97. The van der Waals surface area contributed by atoms with Crippen LogP contribution in [0.1, 0.15) is 57.1 Å². The zero-order valence-electron chi connectivity index (χ0n) is 19.2. The van der Waals surface area contributed by atoms with Crippen LogP contribution in [0.4, 0.5) is 4.79 Å². The zero-order valence-corrected chi connectivity index (χ0v) is 19.2. The highest BCUT2D eigenvalue weighted by molar-refractivity contribution is 5.74. The van der Waals surface area contributed by atoms with E-state index in [-0.39, 0.29) is 16.9 Å². The Morgan fingerprint density at radius 3 is 1.97 bits per heavy atom. The second-order valence-corrected chi connectivity index (χ2v) is 9.97. The van der Waals surface area contributed by atoms with Crippen molar-refractivity contribution in [1.82, 2.24) is 15.5 Å². The van der Waals surface area contributed by atoms with Crippen LogP contribution < -0.4 is 10.6 Å². The predicted octanol–water partition coefficient (Wildman–Crippen LogP) is 4.94. The summed E-state index contributed by atoms with van der Waals surface area (Å²) in [6.45, 7) is 5.66. The summed E-state index contributed by atoms with van der Waals surface area (Å²) in [7, 11) is 2.31. The molecule has 4 nitrogen and oxygen atoms in total. The molecule has 2 bridgehead atoms. The third-order valence-corrected chi connectivity index (χ3v) is 7.71. The van der Waals surface area contributed by atoms with Gasteiger partial charge in [0.2, 0.25) is 0 Å². The molecule has 31 heavy (non-hydrogen) atoms. The number of amides is 2. The fraction of sp³-hybridized carbons (Fsp3) is 0.519. The zero-order chi connectivity index (χ0) is 21.9. The molecule has 0 spiro atoms. The molecule has 0 aliphatic carbocycles. The molecule has 2 amide bonds. The number of piperidine rings is 1. The first-order valence-corrected chi connectivity index (χ1v) is 11.8. The molecule has 0 radical (unpaired) electrons. The first-order valence-electron chi connectivity index (χ1n) is 11.8. The van der Waals surface area contributed by atoms with Crippen LogP contribution in [0.5, 0.6) is 0 Å². The molecule has 166 valence electrons. The highest BCUT2D eigenvalue weighted by Crippen LogP contribution is 2.52. The fourth-order valence-electron chi connectivity index (χ4n) is 6.28. The van der Waals surface area contributed by atoms with E-state index in [0.29, 0.717) is 25.2 Å². The van der Waals surface area contributed by atoms with Gasteiger partial charge in [-0.25, -0.2) is 4.79 Å². The Hall–Kier alpha value is -2.33. The lowest BCUT2D eigenvalue weighted by molar-refractivity contribution is 0.0526. The van der Waals surface area contributed by atoms with E-state index in [2.05, 4.69) is 90.2 Å². The Morgan fingerprint density at radius 2 is 1.48 bits per heavy atom. The van der Waals surface area contributed by atoms with Crippen molar-refractivity contribution in [3.63, 3.8) is 0 Å². The number of carbonyl (C=O) groups is 1. The number of nitrogens with zero attached hydrogens (tertiary/aromatic N) is 1.